The number of hydrogen-bond acceptors (Lipinski definition) is 2. The number of cyclic esters (lactones) is 1. The summed E-state index contributed by atoms with van der Waals surface area (Å²) in [5.74, 6) is -0.232. The Hall–Kier alpha value is -2.35. The van der Waals surface area contributed by atoms with Crippen molar-refractivity contribution >= 4 is 17.1 Å². The second kappa shape index (κ2) is 5.45. The molecule has 1 unspecified atom stereocenters. The fourth-order valence-corrected chi connectivity index (χ4v) is 2.87. The monoisotopic (exact) mass is 292 g/mol. The summed E-state index contributed by atoms with van der Waals surface area (Å²) in [5, 5.41) is 0. The summed E-state index contributed by atoms with van der Waals surface area (Å²) in [7, 11) is 0. The first kappa shape index (κ1) is 14.6. The van der Waals surface area contributed by atoms with Crippen LogP contribution in [0.25, 0.3) is 11.1 Å². The van der Waals surface area contributed by atoms with Crippen LogP contribution in [0.15, 0.2) is 60.7 Å². The van der Waals surface area contributed by atoms with Crippen molar-refractivity contribution in [3.05, 3.63) is 71.8 Å². The molecule has 2 aromatic carbocycles. The number of esters is 1. The summed E-state index contributed by atoms with van der Waals surface area (Å²) in [4.78, 5) is 12.5. The van der Waals surface area contributed by atoms with Crippen LogP contribution in [0, 0.1) is 5.41 Å². The van der Waals surface area contributed by atoms with E-state index in [4.69, 9.17) is 4.74 Å². The molecule has 1 aliphatic heterocycles. The molecule has 0 fully saturated rings. The van der Waals surface area contributed by atoms with Gasteiger partial charge in [0.2, 0.25) is 0 Å². The molecule has 0 N–H and O–H groups in total. The first-order valence-electron chi connectivity index (χ1n) is 7.54. The van der Waals surface area contributed by atoms with Gasteiger partial charge in [-0.2, -0.15) is 0 Å². The highest BCUT2D eigenvalue weighted by Gasteiger charge is 2.41. The van der Waals surface area contributed by atoms with Crippen molar-refractivity contribution in [2.45, 2.75) is 26.9 Å². The third-order valence-electron chi connectivity index (χ3n) is 3.89. The van der Waals surface area contributed by atoms with Gasteiger partial charge in [-0.1, -0.05) is 81.4 Å². The molecule has 2 nitrogen and oxygen atoms in total. The second-order valence-electron chi connectivity index (χ2n) is 6.67. The molecule has 0 amide bonds. The van der Waals surface area contributed by atoms with E-state index in [0.717, 1.165) is 16.7 Å². The van der Waals surface area contributed by atoms with Gasteiger partial charge < -0.3 is 4.74 Å². The Morgan fingerprint density at radius 3 is 1.82 bits per heavy atom. The molecule has 1 aliphatic rings. The molecule has 0 spiro atoms. The third-order valence-corrected chi connectivity index (χ3v) is 3.89. The van der Waals surface area contributed by atoms with E-state index in [9.17, 15) is 4.79 Å². The molecule has 112 valence electrons. The van der Waals surface area contributed by atoms with E-state index < -0.39 is 0 Å². The van der Waals surface area contributed by atoms with E-state index in [0.29, 0.717) is 5.57 Å². The van der Waals surface area contributed by atoms with E-state index in [-0.39, 0.29) is 17.5 Å². The van der Waals surface area contributed by atoms with Gasteiger partial charge in [0, 0.05) is 11.0 Å². The van der Waals surface area contributed by atoms with E-state index in [1.165, 1.54) is 0 Å². The Balaban J connectivity index is 2.25. The van der Waals surface area contributed by atoms with Gasteiger partial charge >= 0.3 is 5.97 Å². The fourth-order valence-electron chi connectivity index (χ4n) is 2.87. The zero-order chi connectivity index (χ0) is 15.7. The first-order chi connectivity index (χ1) is 10.5. The van der Waals surface area contributed by atoms with E-state index in [1.807, 2.05) is 60.7 Å². The van der Waals surface area contributed by atoms with Crippen LogP contribution >= 0.6 is 0 Å². The molecule has 0 aliphatic carbocycles. The predicted octanol–water partition coefficient (Wildman–Crippen LogP) is 4.57. The Labute approximate surface area is 131 Å². The van der Waals surface area contributed by atoms with Crippen molar-refractivity contribution in [2.24, 2.45) is 5.41 Å². The molecular weight excluding hydrogens is 272 g/mol. The summed E-state index contributed by atoms with van der Waals surface area (Å²) in [5.41, 5.74) is 3.48. The minimum Gasteiger partial charge on any atom is -0.453 e. The number of carbonyl (C=O) groups excluding carboxylic acids is 1. The number of hydrogen-bond donors (Lipinski definition) is 0. The van der Waals surface area contributed by atoms with Crippen molar-refractivity contribution in [1.29, 1.82) is 0 Å². The van der Waals surface area contributed by atoms with Gasteiger partial charge in [0.05, 0.1) is 5.57 Å². The van der Waals surface area contributed by atoms with Gasteiger partial charge in [-0.15, -0.1) is 0 Å². The number of rotatable bonds is 2. The molecule has 2 heteroatoms. The first-order valence-corrected chi connectivity index (χ1v) is 7.54. The normalized spacial score (nSPS) is 18.5. The van der Waals surface area contributed by atoms with Gasteiger partial charge in [-0.3, -0.25) is 0 Å². The summed E-state index contributed by atoms with van der Waals surface area (Å²) in [6.45, 7) is 6.30. The predicted molar refractivity (Wildman–Crippen MR) is 89.0 cm³/mol. The van der Waals surface area contributed by atoms with Gasteiger partial charge in [-0.05, 0) is 11.1 Å². The highest BCUT2D eigenvalue weighted by atomic mass is 16.5. The van der Waals surface area contributed by atoms with Crippen molar-refractivity contribution < 1.29 is 9.53 Å². The van der Waals surface area contributed by atoms with Crippen LogP contribution in [-0.2, 0) is 9.53 Å². The van der Waals surface area contributed by atoms with Crippen molar-refractivity contribution in [3.8, 4) is 0 Å². The maximum absolute atomic E-state index is 12.5. The molecule has 0 aromatic heterocycles. The van der Waals surface area contributed by atoms with Crippen LogP contribution in [-0.4, -0.2) is 12.1 Å². The summed E-state index contributed by atoms with van der Waals surface area (Å²) >= 11 is 0. The topological polar surface area (TPSA) is 26.3 Å². The number of benzene rings is 2. The van der Waals surface area contributed by atoms with Crippen LogP contribution in [0.1, 0.15) is 31.9 Å². The van der Waals surface area contributed by atoms with Crippen LogP contribution in [0.4, 0.5) is 0 Å². The smallest absolute Gasteiger partial charge is 0.339 e. The van der Waals surface area contributed by atoms with Crippen LogP contribution < -0.4 is 0 Å². The molecule has 0 saturated carbocycles. The molecule has 0 radical (unpaired) electrons. The summed E-state index contributed by atoms with van der Waals surface area (Å²) in [6.07, 6.45) is -0.238. The summed E-state index contributed by atoms with van der Waals surface area (Å²) in [6, 6.07) is 19.8. The second-order valence-corrected chi connectivity index (χ2v) is 6.67. The quantitative estimate of drug-likeness (QED) is 0.758. The fraction of sp³-hybridized carbons (Fsp3) is 0.250. The molecule has 0 saturated heterocycles. The Kier molecular flexibility index (Phi) is 3.61. The number of ether oxygens (including phenoxy) is 1. The Morgan fingerprint density at radius 1 is 0.818 bits per heavy atom. The lowest BCUT2D eigenvalue weighted by molar-refractivity contribution is -0.141. The molecule has 2 aromatic rings. The van der Waals surface area contributed by atoms with Gasteiger partial charge in [0.15, 0.2) is 0 Å². The maximum atomic E-state index is 12.5. The zero-order valence-electron chi connectivity index (χ0n) is 13.2. The average molecular weight is 292 g/mol. The van der Waals surface area contributed by atoms with Crippen molar-refractivity contribution in [3.63, 3.8) is 0 Å². The highest BCUT2D eigenvalue weighted by Crippen LogP contribution is 2.44. The zero-order valence-corrected chi connectivity index (χ0v) is 13.2. The molecule has 1 atom stereocenters. The van der Waals surface area contributed by atoms with Gasteiger partial charge in [0.1, 0.15) is 6.10 Å². The minimum absolute atomic E-state index is 0.155. The van der Waals surface area contributed by atoms with Gasteiger partial charge in [-0.25, -0.2) is 4.79 Å². The maximum Gasteiger partial charge on any atom is 0.339 e. The van der Waals surface area contributed by atoms with Gasteiger partial charge in [0.25, 0.3) is 0 Å². The standard InChI is InChI=1S/C20H20O2/c1-20(2,3)18-16(14-10-6-4-7-11-14)17(19(21)22-18)15-12-8-5-9-13-15/h4-13,18H,1-3H3. The van der Waals surface area contributed by atoms with Crippen LogP contribution in [0.3, 0.4) is 0 Å². The van der Waals surface area contributed by atoms with Crippen molar-refractivity contribution in [1.82, 2.24) is 0 Å². The number of carbonyl (C=O) groups is 1. The lowest BCUT2D eigenvalue weighted by atomic mass is 9.80. The molecule has 1 heterocycles. The van der Waals surface area contributed by atoms with E-state index in [2.05, 4.69) is 20.8 Å². The highest BCUT2D eigenvalue weighted by molar-refractivity contribution is 6.28. The molecule has 0 bridgehead atoms. The SMILES string of the molecule is CC(C)(C)C1OC(=O)C(c2ccccc2)=C1c1ccccc1. The van der Waals surface area contributed by atoms with Crippen molar-refractivity contribution in [2.75, 3.05) is 0 Å². The Bertz CT molecular complexity index is 706. The lowest BCUT2D eigenvalue weighted by Gasteiger charge is -2.28. The van der Waals surface area contributed by atoms with Crippen LogP contribution in [0.2, 0.25) is 0 Å². The molecule has 22 heavy (non-hydrogen) atoms. The largest absolute Gasteiger partial charge is 0.453 e. The summed E-state index contributed by atoms with van der Waals surface area (Å²) < 4.78 is 5.75. The molecular formula is C20H20O2. The van der Waals surface area contributed by atoms with E-state index >= 15 is 0 Å². The average Bonchev–Trinajstić information content (AvgIpc) is 2.87. The third kappa shape index (κ3) is 2.57. The minimum atomic E-state index is -0.238. The molecule has 3 rings (SSSR count). The van der Waals surface area contributed by atoms with Crippen LogP contribution in [0.5, 0.6) is 0 Å². The Morgan fingerprint density at radius 2 is 1.32 bits per heavy atom. The lowest BCUT2D eigenvalue weighted by Crippen LogP contribution is -2.28. The van der Waals surface area contributed by atoms with E-state index in [1.54, 1.807) is 0 Å².